The summed E-state index contributed by atoms with van der Waals surface area (Å²) in [7, 11) is 5.78. The number of carbonyl (C=O) groups is 2. The van der Waals surface area contributed by atoms with E-state index in [9.17, 15) is 9.59 Å². The SMILES string of the molecule is COC(=O)c1c(C)nc2sc(C(=O)c3ccc(Cl)cc3)c(N)c2c1-c1cc(OC)c(OC)c(OC)c1. The largest absolute Gasteiger partial charge is 0.493 e. The molecule has 2 aromatic heterocycles. The third-order valence-electron chi connectivity index (χ3n) is 5.71. The van der Waals surface area contributed by atoms with Gasteiger partial charge in [0.1, 0.15) is 9.71 Å². The number of halogens is 1. The van der Waals surface area contributed by atoms with Crippen molar-refractivity contribution in [2.24, 2.45) is 0 Å². The van der Waals surface area contributed by atoms with Crippen molar-refractivity contribution in [2.45, 2.75) is 6.92 Å². The Labute approximate surface area is 216 Å². The number of esters is 1. The van der Waals surface area contributed by atoms with Gasteiger partial charge in [0.25, 0.3) is 0 Å². The minimum atomic E-state index is -0.596. The molecule has 4 rings (SSSR count). The number of fused-ring (bicyclic) bond motifs is 1. The summed E-state index contributed by atoms with van der Waals surface area (Å²) in [6.07, 6.45) is 0. The van der Waals surface area contributed by atoms with Gasteiger partial charge < -0.3 is 24.7 Å². The molecule has 8 nitrogen and oxygen atoms in total. The molecule has 0 saturated heterocycles. The molecule has 0 fully saturated rings. The normalized spacial score (nSPS) is 10.8. The molecule has 2 N–H and O–H groups in total. The first-order chi connectivity index (χ1) is 17.2. The number of nitrogen functional groups attached to an aromatic ring is 1. The minimum absolute atomic E-state index is 0.205. The van der Waals surface area contributed by atoms with Gasteiger partial charge in [-0.2, -0.15) is 0 Å². The molecule has 4 aromatic rings. The Hall–Kier alpha value is -3.82. The number of aromatic nitrogens is 1. The van der Waals surface area contributed by atoms with Gasteiger partial charge in [-0.15, -0.1) is 11.3 Å². The van der Waals surface area contributed by atoms with Crippen molar-refractivity contribution >= 4 is 50.6 Å². The molecular formula is C26H23ClN2O6S. The van der Waals surface area contributed by atoms with Gasteiger partial charge >= 0.3 is 5.97 Å². The summed E-state index contributed by atoms with van der Waals surface area (Å²) in [6, 6.07) is 9.95. The number of ether oxygens (including phenoxy) is 4. The molecule has 2 aromatic carbocycles. The standard InChI is InChI=1S/C26H23ClN2O6S/c1-12-18(26(31)35-5)19(14-10-16(32-2)23(34-4)17(11-14)33-3)20-21(28)24(36-25(20)29-12)22(30)13-6-8-15(27)9-7-13/h6-11H,28H2,1-5H3. The van der Waals surface area contributed by atoms with Crippen LogP contribution < -0.4 is 19.9 Å². The number of nitrogens with two attached hydrogens (primary N) is 1. The van der Waals surface area contributed by atoms with Crippen LogP contribution >= 0.6 is 22.9 Å². The Kier molecular flexibility index (Phi) is 7.05. The fourth-order valence-corrected chi connectivity index (χ4v) is 5.27. The molecule has 186 valence electrons. The van der Waals surface area contributed by atoms with E-state index in [4.69, 9.17) is 36.3 Å². The monoisotopic (exact) mass is 526 g/mol. The molecule has 0 aliphatic carbocycles. The lowest BCUT2D eigenvalue weighted by molar-refractivity contribution is 0.0600. The molecule has 0 aliphatic heterocycles. The number of carbonyl (C=O) groups excluding carboxylic acids is 2. The number of pyridine rings is 1. The topological polar surface area (TPSA) is 110 Å². The maximum Gasteiger partial charge on any atom is 0.340 e. The quantitative estimate of drug-likeness (QED) is 0.246. The molecule has 0 aliphatic rings. The average Bonchev–Trinajstić information content (AvgIpc) is 3.21. The van der Waals surface area contributed by atoms with Crippen LogP contribution in [0.2, 0.25) is 5.02 Å². The molecule has 36 heavy (non-hydrogen) atoms. The number of ketones is 1. The van der Waals surface area contributed by atoms with E-state index in [-0.39, 0.29) is 17.0 Å². The number of hydrogen-bond donors (Lipinski definition) is 1. The zero-order valence-electron chi connectivity index (χ0n) is 20.2. The zero-order chi connectivity index (χ0) is 26.1. The Balaban J connectivity index is 2.08. The Morgan fingerprint density at radius 2 is 1.58 bits per heavy atom. The number of rotatable bonds is 7. The first-order valence-corrected chi connectivity index (χ1v) is 11.9. The number of anilines is 1. The van der Waals surface area contributed by atoms with E-state index in [1.807, 2.05) is 0 Å². The Bertz CT molecular complexity index is 1470. The van der Waals surface area contributed by atoms with Crippen LogP contribution in [0.3, 0.4) is 0 Å². The molecule has 0 spiro atoms. The first kappa shape index (κ1) is 25.3. The van der Waals surface area contributed by atoms with Crippen LogP contribution in [-0.2, 0) is 4.74 Å². The van der Waals surface area contributed by atoms with Crippen LogP contribution in [0.4, 0.5) is 5.69 Å². The second kappa shape index (κ2) is 10.0. The van der Waals surface area contributed by atoms with Crippen LogP contribution in [0.5, 0.6) is 17.2 Å². The highest BCUT2D eigenvalue weighted by Gasteiger charge is 2.28. The van der Waals surface area contributed by atoms with Gasteiger partial charge in [-0.3, -0.25) is 4.79 Å². The van der Waals surface area contributed by atoms with Gasteiger partial charge in [0, 0.05) is 21.5 Å². The molecule has 0 bridgehead atoms. The highest BCUT2D eigenvalue weighted by atomic mass is 35.5. The number of thiophene rings is 1. The van der Waals surface area contributed by atoms with Crippen molar-refractivity contribution in [1.82, 2.24) is 4.98 Å². The van der Waals surface area contributed by atoms with Gasteiger partial charge in [0.05, 0.1) is 45.4 Å². The fourth-order valence-electron chi connectivity index (χ4n) is 4.03. The molecule has 2 heterocycles. The Morgan fingerprint density at radius 1 is 0.972 bits per heavy atom. The maximum absolute atomic E-state index is 13.4. The average molecular weight is 527 g/mol. The Morgan fingerprint density at radius 3 is 2.11 bits per heavy atom. The van der Waals surface area contributed by atoms with Crippen molar-refractivity contribution in [3.05, 3.63) is 63.1 Å². The van der Waals surface area contributed by atoms with Crippen LogP contribution in [0.25, 0.3) is 21.3 Å². The lowest BCUT2D eigenvalue weighted by Crippen LogP contribution is -2.09. The number of aryl methyl sites for hydroxylation is 1. The minimum Gasteiger partial charge on any atom is -0.493 e. The first-order valence-electron chi connectivity index (χ1n) is 10.7. The summed E-state index contributed by atoms with van der Waals surface area (Å²) in [6.45, 7) is 1.70. The van der Waals surface area contributed by atoms with E-state index < -0.39 is 5.97 Å². The van der Waals surface area contributed by atoms with Gasteiger partial charge in [-0.25, -0.2) is 9.78 Å². The molecule has 0 unspecified atom stereocenters. The number of methoxy groups -OCH3 is 4. The van der Waals surface area contributed by atoms with Gasteiger partial charge in [0.2, 0.25) is 11.5 Å². The van der Waals surface area contributed by atoms with Crippen molar-refractivity contribution in [3.63, 3.8) is 0 Å². The lowest BCUT2D eigenvalue weighted by atomic mass is 9.94. The second-order valence-electron chi connectivity index (χ2n) is 7.71. The van der Waals surface area contributed by atoms with E-state index in [1.165, 1.54) is 28.4 Å². The van der Waals surface area contributed by atoms with E-state index in [1.54, 1.807) is 43.3 Å². The second-order valence-corrected chi connectivity index (χ2v) is 9.15. The molecular weight excluding hydrogens is 504 g/mol. The van der Waals surface area contributed by atoms with Crippen LogP contribution in [0.15, 0.2) is 36.4 Å². The van der Waals surface area contributed by atoms with Crippen LogP contribution in [-0.4, -0.2) is 45.2 Å². The molecule has 0 amide bonds. The van der Waals surface area contributed by atoms with Crippen molar-refractivity contribution in [2.75, 3.05) is 34.2 Å². The lowest BCUT2D eigenvalue weighted by Gasteiger charge is -2.17. The van der Waals surface area contributed by atoms with E-state index in [0.29, 0.717) is 59.7 Å². The predicted octanol–water partition coefficient (Wildman–Crippen LogP) is 5.55. The third kappa shape index (κ3) is 4.20. The molecule has 10 heteroatoms. The van der Waals surface area contributed by atoms with Crippen molar-refractivity contribution < 1.29 is 28.5 Å². The number of nitrogens with zero attached hydrogens (tertiary/aromatic N) is 1. The highest BCUT2D eigenvalue weighted by Crippen LogP contribution is 2.47. The number of benzene rings is 2. The predicted molar refractivity (Wildman–Crippen MR) is 140 cm³/mol. The summed E-state index contributed by atoms with van der Waals surface area (Å²) in [4.78, 5) is 31.7. The fraction of sp³-hybridized carbons (Fsp3) is 0.192. The van der Waals surface area contributed by atoms with E-state index in [0.717, 1.165) is 11.3 Å². The zero-order valence-corrected chi connectivity index (χ0v) is 21.8. The van der Waals surface area contributed by atoms with Gasteiger partial charge in [-0.1, -0.05) is 11.6 Å². The smallest absolute Gasteiger partial charge is 0.340 e. The molecule has 0 saturated carbocycles. The molecule has 0 atom stereocenters. The molecule has 0 radical (unpaired) electrons. The highest BCUT2D eigenvalue weighted by molar-refractivity contribution is 7.21. The third-order valence-corrected chi connectivity index (χ3v) is 7.06. The van der Waals surface area contributed by atoms with Crippen molar-refractivity contribution in [3.8, 4) is 28.4 Å². The van der Waals surface area contributed by atoms with E-state index >= 15 is 0 Å². The summed E-state index contributed by atoms with van der Waals surface area (Å²) >= 11 is 7.13. The maximum atomic E-state index is 13.4. The van der Waals surface area contributed by atoms with Gasteiger partial charge in [-0.05, 0) is 48.9 Å². The summed E-state index contributed by atoms with van der Waals surface area (Å²) in [5, 5.41) is 0.971. The van der Waals surface area contributed by atoms with Crippen LogP contribution in [0.1, 0.15) is 31.3 Å². The van der Waals surface area contributed by atoms with Gasteiger partial charge in [0.15, 0.2) is 11.5 Å². The number of hydrogen-bond acceptors (Lipinski definition) is 9. The van der Waals surface area contributed by atoms with E-state index in [2.05, 4.69) is 4.98 Å². The summed E-state index contributed by atoms with van der Waals surface area (Å²) < 4.78 is 21.6. The van der Waals surface area contributed by atoms with Crippen molar-refractivity contribution in [1.29, 1.82) is 0 Å². The summed E-state index contributed by atoms with van der Waals surface area (Å²) in [5.74, 6) is 0.289. The van der Waals surface area contributed by atoms with Crippen LogP contribution in [0, 0.1) is 6.92 Å². The summed E-state index contributed by atoms with van der Waals surface area (Å²) in [5.41, 5.74) is 8.86.